The van der Waals surface area contributed by atoms with Crippen LogP contribution in [0.4, 0.5) is 13.2 Å². The van der Waals surface area contributed by atoms with E-state index in [-0.39, 0.29) is 25.3 Å². The summed E-state index contributed by atoms with van der Waals surface area (Å²) in [5.41, 5.74) is 3.28. The average molecular weight is 365 g/mol. The number of nitrogens with one attached hydrogen (secondary N) is 1. The average Bonchev–Trinajstić information content (AvgIpc) is 2.81. The van der Waals surface area contributed by atoms with Crippen LogP contribution in [-0.2, 0) is 11.2 Å². The fourth-order valence-electron chi connectivity index (χ4n) is 2.41. The van der Waals surface area contributed by atoms with Gasteiger partial charge in [-0.1, -0.05) is 34.1 Å². The fraction of sp³-hybridized carbons (Fsp3) is 0.500. The maximum absolute atomic E-state index is 13.1. The molecule has 1 heterocycles. The Hall–Kier alpha value is -1.08. The maximum atomic E-state index is 13.1. The Balaban J connectivity index is 1.94. The molecule has 0 radical (unpaired) electrons. The predicted molar refractivity (Wildman–Crippen MR) is 76.4 cm³/mol. The number of aryl methyl sites for hydroxylation is 1. The zero-order valence-corrected chi connectivity index (χ0v) is 12.9. The molecule has 0 aliphatic carbocycles. The Bertz CT molecular complexity index is 507. The number of amides is 1. The summed E-state index contributed by atoms with van der Waals surface area (Å²) in [6.07, 6.45) is -3.29. The molecule has 0 saturated carbocycles. The summed E-state index contributed by atoms with van der Waals surface area (Å²) in [5, 5.41) is 1.02. The molecule has 21 heavy (non-hydrogen) atoms. The summed E-state index contributed by atoms with van der Waals surface area (Å²) >= 11 is 3.39. The lowest BCUT2D eigenvalue weighted by Gasteiger charge is -2.28. The third-order valence-corrected chi connectivity index (χ3v) is 4.26. The van der Waals surface area contributed by atoms with Gasteiger partial charge in [-0.3, -0.25) is 10.2 Å². The highest BCUT2D eigenvalue weighted by molar-refractivity contribution is 9.10. The van der Waals surface area contributed by atoms with Crippen LogP contribution in [0.2, 0.25) is 0 Å². The van der Waals surface area contributed by atoms with Crippen LogP contribution in [0.25, 0.3) is 0 Å². The minimum atomic E-state index is -4.34. The van der Waals surface area contributed by atoms with Gasteiger partial charge in [-0.25, -0.2) is 5.01 Å². The first kappa shape index (κ1) is 16.3. The first-order chi connectivity index (χ1) is 9.88. The Labute approximate surface area is 129 Å². The van der Waals surface area contributed by atoms with Crippen molar-refractivity contribution in [3.63, 3.8) is 0 Å². The van der Waals surface area contributed by atoms with Crippen LogP contribution < -0.4 is 5.43 Å². The van der Waals surface area contributed by atoms with E-state index in [1.54, 1.807) is 0 Å². The number of alkyl halides is 3. The van der Waals surface area contributed by atoms with Crippen molar-refractivity contribution in [2.45, 2.75) is 37.9 Å². The van der Waals surface area contributed by atoms with Crippen molar-refractivity contribution in [3.05, 3.63) is 34.3 Å². The second-order valence-electron chi connectivity index (χ2n) is 5.02. The standard InChI is InChI=1S/C14H16BrF3N2O/c15-11-6-2-1-4-10(11)5-3-7-12(14(16,17)18)20-9-8-13(21)19-20/h1-2,4,6,12H,3,5,7-9H2,(H,19,21). The molecule has 3 nitrogen and oxygen atoms in total. The van der Waals surface area contributed by atoms with Crippen LogP contribution >= 0.6 is 15.9 Å². The maximum Gasteiger partial charge on any atom is 0.405 e. The van der Waals surface area contributed by atoms with E-state index in [0.29, 0.717) is 12.8 Å². The summed E-state index contributed by atoms with van der Waals surface area (Å²) in [5.74, 6) is -0.352. The molecule has 1 aliphatic rings. The van der Waals surface area contributed by atoms with Crippen LogP contribution in [0.5, 0.6) is 0 Å². The van der Waals surface area contributed by atoms with Gasteiger partial charge in [-0.2, -0.15) is 13.2 Å². The van der Waals surface area contributed by atoms with Crippen molar-refractivity contribution >= 4 is 21.8 Å². The van der Waals surface area contributed by atoms with Gasteiger partial charge in [0.25, 0.3) is 0 Å². The minimum absolute atomic E-state index is 0.0366. The summed E-state index contributed by atoms with van der Waals surface area (Å²) < 4.78 is 40.2. The van der Waals surface area contributed by atoms with Gasteiger partial charge < -0.3 is 0 Å². The molecule has 1 aromatic rings. The first-order valence-electron chi connectivity index (χ1n) is 6.74. The Morgan fingerprint density at radius 3 is 2.62 bits per heavy atom. The van der Waals surface area contributed by atoms with Gasteiger partial charge in [0.1, 0.15) is 6.04 Å². The number of hydrogen-bond acceptors (Lipinski definition) is 2. The van der Waals surface area contributed by atoms with Crippen molar-refractivity contribution in [1.82, 2.24) is 10.4 Å². The number of benzene rings is 1. The lowest BCUT2D eigenvalue weighted by atomic mass is 10.0. The van der Waals surface area contributed by atoms with E-state index >= 15 is 0 Å². The molecule has 0 aromatic heterocycles. The van der Waals surface area contributed by atoms with Crippen molar-refractivity contribution in [3.8, 4) is 0 Å². The largest absolute Gasteiger partial charge is 0.405 e. The highest BCUT2D eigenvalue weighted by atomic mass is 79.9. The lowest BCUT2D eigenvalue weighted by Crippen LogP contribution is -2.49. The second kappa shape index (κ2) is 6.79. The smallest absolute Gasteiger partial charge is 0.288 e. The van der Waals surface area contributed by atoms with Gasteiger partial charge in [0.15, 0.2) is 0 Å². The number of carbonyl (C=O) groups excluding carboxylic acids is 1. The molecular formula is C14H16BrF3N2O. The van der Waals surface area contributed by atoms with E-state index in [1.807, 2.05) is 24.3 Å². The van der Waals surface area contributed by atoms with E-state index in [0.717, 1.165) is 15.0 Å². The zero-order valence-electron chi connectivity index (χ0n) is 11.3. The molecule has 1 saturated heterocycles. The summed E-state index contributed by atoms with van der Waals surface area (Å²) in [6.45, 7) is 0.109. The number of hydrogen-bond donors (Lipinski definition) is 1. The number of nitrogens with zero attached hydrogens (tertiary/aromatic N) is 1. The van der Waals surface area contributed by atoms with Crippen LogP contribution in [0.3, 0.4) is 0 Å². The van der Waals surface area contributed by atoms with E-state index in [1.165, 1.54) is 0 Å². The zero-order chi connectivity index (χ0) is 15.5. The van der Waals surface area contributed by atoms with Gasteiger partial charge >= 0.3 is 6.18 Å². The van der Waals surface area contributed by atoms with Crippen molar-refractivity contribution in [2.75, 3.05) is 6.54 Å². The monoisotopic (exact) mass is 364 g/mol. The molecule has 0 spiro atoms. The highest BCUT2D eigenvalue weighted by Crippen LogP contribution is 2.29. The van der Waals surface area contributed by atoms with E-state index in [4.69, 9.17) is 0 Å². The molecule has 116 valence electrons. The Morgan fingerprint density at radius 2 is 2.05 bits per heavy atom. The molecule has 1 N–H and O–H groups in total. The summed E-state index contributed by atoms with van der Waals surface area (Å²) in [7, 11) is 0. The normalized spacial score (nSPS) is 17.8. The van der Waals surface area contributed by atoms with Crippen molar-refractivity contribution in [2.24, 2.45) is 0 Å². The number of rotatable bonds is 5. The molecule has 1 fully saturated rings. The quantitative estimate of drug-likeness (QED) is 0.867. The molecule has 1 aliphatic heterocycles. The van der Waals surface area contributed by atoms with Crippen LogP contribution in [0.1, 0.15) is 24.8 Å². The topological polar surface area (TPSA) is 32.3 Å². The molecular weight excluding hydrogens is 349 g/mol. The Morgan fingerprint density at radius 1 is 1.33 bits per heavy atom. The third-order valence-electron chi connectivity index (χ3n) is 3.48. The predicted octanol–water partition coefficient (Wildman–Crippen LogP) is 3.44. The summed E-state index contributed by atoms with van der Waals surface area (Å²) in [4.78, 5) is 11.1. The molecule has 1 atom stereocenters. The van der Waals surface area contributed by atoms with Gasteiger partial charge in [0.05, 0.1) is 0 Å². The Kier molecular flexibility index (Phi) is 5.27. The van der Waals surface area contributed by atoms with Crippen LogP contribution in [0, 0.1) is 0 Å². The lowest BCUT2D eigenvalue weighted by molar-refractivity contribution is -0.190. The van der Waals surface area contributed by atoms with E-state index in [9.17, 15) is 18.0 Å². The van der Waals surface area contributed by atoms with E-state index < -0.39 is 12.2 Å². The fourth-order valence-corrected chi connectivity index (χ4v) is 2.89. The number of hydrazine groups is 1. The minimum Gasteiger partial charge on any atom is -0.288 e. The van der Waals surface area contributed by atoms with E-state index in [2.05, 4.69) is 21.4 Å². The van der Waals surface area contributed by atoms with Gasteiger partial charge in [0, 0.05) is 17.4 Å². The SMILES string of the molecule is O=C1CCN(C(CCCc2ccccc2Br)C(F)(F)F)N1. The second-order valence-corrected chi connectivity index (χ2v) is 5.87. The van der Waals surface area contributed by atoms with Gasteiger partial charge in [0.2, 0.25) is 5.91 Å². The van der Waals surface area contributed by atoms with Crippen LogP contribution in [-0.4, -0.2) is 29.7 Å². The first-order valence-corrected chi connectivity index (χ1v) is 7.53. The number of halogens is 4. The third kappa shape index (κ3) is 4.44. The molecule has 0 bridgehead atoms. The molecule has 7 heteroatoms. The van der Waals surface area contributed by atoms with Crippen molar-refractivity contribution in [1.29, 1.82) is 0 Å². The molecule has 2 rings (SSSR count). The van der Waals surface area contributed by atoms with Gasteiger partial charge in [-0.15, -0.1) is 0 Å². The molecule has 1 amide bonds. The highest BCUT2D eigenvalue weighted by Gasteiger charge is 2.45. The van der Waals surface area contributed by atoms with Gasteiger partial charge in [-0.05, 0) is 30.9 Å². The summed E-state index contributed by atoms with van der Waals surface area (Å²) in [6, 6.07) is 5.88. The van der Waals surface area contributed by atoms with Crippen LogP contribution in [0.15, 0.2) is 28.7 Å². The number of carbonyl (C=O) groups is 1. The molecule has 1 unspecified atom stereocenters. The van der Waals surface area contributed by atoms with Crippen molar-refractivity contribution < 1.29 is 18.0 Å². The molecule has 1 aromatic carbocycles.